The number of aromatic hydroxyl groups is 1. The molecular formula is C37H37ClN2O5. The quantitative estimate of drug-likeness (QED) is 0.201. The summed E-state index contributed by atoms with van der Waals surface area (Å²) in [4.78, 5) is 40.6. The van der Waals surface area contributed by atoms with Gasteiger partial charge in [0, 0.05) is 30.6 Å². The zero-order valence-corrected chi connectivity index (χ0v) is 25.9. The van der Waals surface area contributed by atoms with Crippen LogP contribution in [0.15, 0.2) is 93.7 Å². The minimum absolute atomic E-state index is 0.0445. The van der Waals surface area contributed by atoms with E-state index >= 15 is 0 Å². The third-order valence-corrected chi connectivity index (χ3v) is 9.21. The van der Waals surface area contributed by atoms with E-state index in [2.05, 4.69) is 35.7 Å². The Labute approximate surface area is 267 Å². The summed E-state index contributed by atoms with van der Waals surface area (Å²) in [5.74, 6) is 0.0599. The molecule has 0 spiro atoms. The Morgan fingerprint density at radius 2 is 1.78 bits per heavy atom. The molecule has 1 saturated carbocycles. The van der Waals surface area contributed by atoms with E-state index in [4.69, 9.17) is 16.0 Å². The van der Waals surface area contributed by atoms with Crippen molar-refractivity contribution in [3.05, 3.63) is 122 Å². The molecule has 7 nitrogen and oxygen atoms in total. The smallest absolute Gasteiger partial charge is 0.287 e. The highest BCUT2D eigenvalue weighted by Gasteiger charge is 2.25. The Kier molecular flexibility index (Phi) is 9.36. The molecule has 0 unspecified atom stereocenters. The van der Waals surface area contributed by atoms with Crippen LogP contribution in [0.3, 0.4) is 0 Å². The van der Waals surface area contributed by atoms with Gasteiger partial charge in [0.25, 0.3) is 5.91 Å². The van der Waals surface area contributed by atoms with Gasteiger partial charge in [0.15, 0.2) is 11.2 Å². The van der Waals surface area contributed by atoms with E-state index in [9.17, 15) is 19.5 Å². The van der Waals surface area contributed by atoms with E-state index in [0.29, 0.717) is 30.3 Å². The summed E-state index contributed by atoms with van der Waals surface area (Å²) in [5, 5.41) is 13.7. The maximum absolute atomic E-state index is 13.4. The number of carbonyl (C=O) groups is 2. The first-order valence-electron chi connectivity index (χ1n) is 15.7. The number of carbonyl (C=O) groups excluding carboxylic acids is 2. The number of nitrogens with zero attached hydrogens (tertiary/aromatic N) is 1. The topological polar surface area (TPSA) is 99.9 Å². The molecule has 0 bridgehead atoms. The second kappa shape index (κ2) is 13.7. The second-order valence-corrected chi connectivity index (χ2v) is 12.6. The van der Waals surface area contributed by atoms with Crippen molar-refractivity contribution in [1.82, 2.24) is 10.2 Å². The molecule has 2 N–H and O–H groups in total. The molecule has 0 radical (unpaired) electrons. The number of piperidine rings is 1. The average Bonchev–Trinajstić information content (AvgIpc) is 3.04. The molecule has 1 aliphatic carbocycles. The fourth-order valence-electron chi connectivity index (χ4n) is 6.58. The lowest BCUT2D eigenvalue weighted by molar-refractivity contribution is -0.133. The number of phenols is 1. The lowest BCUT2D eigenvalue weighted by atomic mass is 9.79. The van der Waals surface area contributed by atoms with E-state index in [-0.39, 0.29) is 34.4 Å². The SMILES string of the molecule is O=C(N[C@@H](C=C1CCC(c2ccccc2CN2CCCCC2=O)CC1)Cc1ccc(Cl)cc1)c1cc(=O)c2cc(O)ccc2o1. The van der Waals surface area contributed by atoms with Gasteiger partial charge in [-0.3, -0.25) is 14.4 Å². The third-order valence-electron chi connectivity index (χ3n) is 8.96. The molecule has 4 aromatic rings. The van der Waals surface area contributed by atoms with Crippen LogP contribution in [-0.2, 0) is 17.8 Å². The molecule has 45 heavy (non-hydrogen) atoms. The molecular weight excluding hydrogens is 588 g/mol. The van der Waals surface area contributed by atoms with Gasteiger partial charge < -0.3 is 19.7 Å². The maximum atomic E-state index is 13.4. The van der Waals surface area contributed by atoms with Crippen molar-refractivity contribution in [3.63, 3.8) is 0 Å². The van der Waals surface area contributed by atoms with Gasteiger partial charge in [-0.2, -0.15) is 0 Å². The number of rotatable bonds is 8. The van der Waals surface area contributed by atoms with Crippen molar-refractivity contribution < 1.29 is 19.1 Å². The number of hydrogen-bond acceptors (Lipinski definition) is 5. The first-order valence-corrected chi connectivity index (χ1v) is 16.1. The normalized spacial score (nSPS) is 17.7. The van der Waals surface area contributed by atoms with Crippen LogP contribution in [0.1, 0.15) is 78.1 Å². The predicted molar refractivity (Wildman–Crippen MR) is 176 cm³/mol. The molecule has 1 aromatic heterocycles. The largest absolute Gasteiger partial charge is 0.508 e. The molecule has 1 aliphatic heterocycles. The number of allylic oxidation sites excluding steroid dienone is 1. The number of benzene rings is 3. The zero-order valence-electron chi connectivity index (χ0n) is 25.1. The molecule has 2 amide bonds. The number of fused-ring (bicyclic) bond motifs is 1. The van der Waals surface area contributed by atoms with Gasteiger partial charge in [0.2, 0.25) is 5.91 Å². The van der Waals surface area contributed by atoms with Gasteiger partial charge in [-0.1, -0.05) is 59.6 Å². The molecule has 2 heterocycles. The summed E-state index contributed by atoms with van der Waals surface area (Å²) in [5.41, 5.74) is 4.72. The summed E-state index contributed by atoms with van der Waals surface area (Å²) in [7, 11) is 0. The molecule has 8 heteroatoms. The highest BCUT2D eigenvalue weighted by atomic mass is 35.5. The minimum Gasteiger partial charge on any atom is -0.508 e. The fourth-order valence-corrected chi connectivity index (χ4v) is 6.71. The minimum atomic E-state index is -0.479. The van der Waals surface area contributed by atoms with Crippen molar-refractivity contribution in [2.45, 2.75) is 69.9 Å². The van der Waals surface area contributed by atoms with E-state index in [1.54, 1.807) is 0 Å². The Hall–Kier alpha value is -4.36. The summed E-state index contributed by atoms with van der Waals surface area (Å²) in [6.45, 7) is 1.51. The van der Waals surface area contributed by atoms with Crippen LogP contribution in [0.5, 0.6) is 5.75 Å². The maximum Gasteiger partial charge on any atom is 0.287 e. The third kappa shape index (κ3) is 7.48. The average molecular weight is 625 g/mol. The first-order chi connectivity index (χ1) is 21.8. The molecule has 1 atom stereocenters. The van der Waals surface area contributed by atoms with E-state index in [1.807, 2.05) is 29.2 Å². The van der Waals surface area contributed by atoms with Crippen LogP contribution >= 0.6 is 11.6 Å². The molecule has 2 fully saturated rings. The number of nitrogens with one attached hydrogen (secondary N) is 1. The molecule has 2 aliphatic rings. The number of hydrogen-bond donors (Lipinski definition) is 2. The lowest BCUT2D eigenvalue weighted by Gasteiger charge is -2.31. The van der Waals surface area contributed by atoms with Crippen molar-refractivity contribution in [2.75, 3.05) is 6.54 Å². The Balaban J connectivity index is 1.18. The summed E-state index contributed by atoms with van der Waals surface area (Å²) in [6.07, 6.45) is 9.19. The van der Waals surface area contributed by atoms with Crippen LogP contribution in [0, 0.1) is 0 Å². The van der Waals surface area contributed by atoms with Crippen LogP contribution in [-0.4, -0.2) is 34.4 Å². The van der Waals surface area contributed by atoms with Gasteiger partial charge in [0.05, 0.1) is 11.4 Å². The standard InChI is InChI=1S/C37H37ClN2O5/c38-28-14-10-25(11-15-28)20-29(39-37(44)35-22-33(42)32-21-30(41)16-17-34(32)45-35)19-24-8-12-26(13-9-24)31-6-2-1-5-27(31)23-40-18-4-3-7-36(40)43/h1-2,5-6,10-11,14-17,19,21-22,26,29,41H,3-4,7-9,12-13,18,20,23H2,(H,39,44)/t26?,29-/m0/s1. The van der Waals surface area contributed by atoms with Crippen LogP contribution in [0.4, 0.5) is 0 Å². The summed E-state index contributed by atoms with van der Waals surface area (Å²) >= 11 is 6.12. The Bertz CT molecular complexity index is 1790. The predicted octanol–water partition coefficient (Wildman–Crippen LogP) is 7.29. The lowest BCUT2D eigenvalue weighted by Crippen LogP contribution is -2.36. The highest BCUT2D eigenvalue weighted by molar-refractivity contribution is 6.30. The van der Waals surface area contributed by atoms with E-state index in [1.165, 1.54) is 41.0 Å². The van der Waals surface area contributed by atoms with Gasteiger partial charge in [-0.25, -0.2) is 0 Å². The van der Waals surface area contributed by atoms with E-state index in [0.717, 1.165) is 50.6 Å². The number of halogens is 1. The molecule has 3 aromatic carbocycles. The molecule has 1 saturated heterocycles. The summed E-state index contributed by atoms with van der Waals surface area (Å²) < 4.78 is 5.77. The van der Waals surface area contributed by atoms with Gasteiger partial charge in [-0.05, 0) is 97.9 Å². The van der Waals surface area contributed by atoms with E-state index < -0.39 is 11.3 Å². The van der Waals surface area contributed by atoms with Crippen molar-refractivity contribution in [2.24, 2.45) is 0 Å². The zero-order chi connectivity index (χ0) is 31.3. The molecule has 232 valence electrons. The van der Waals surface area contributed by atoms with Gasteiger partial charge in [-0.15, -0.1) is 0 Å². The number of phenolic OH excluding ortho intramolecular Hbond substituents is 1. The van der Waals surface area contributed by atoms with Crippen molar-refractivity contribution >= 4 is 34.4 Å². The second-order valence-electron chi connectivity index (χ2n) is 12.1. The number of amides is 2. The van der Waals surface area contributed by atoms with Gasteiger partial charge in [0.1, 0.15) is 11.3 Å². The van der Waals surface area contributed by atoms with Crippen molar-refractivity contribution in [1.29, 1.82) is 0 Å². The van der Waals surface area contributed by atoms with Crippen LogP contribution < -0.4 is 10.7 Å². The van der Waals surface area contributed by atoms with Crippen molar-refractivity contribution in [3.8, 4) is 5.75 Å². The van der Waals surface area contributed by atoms with Crippen LogP contribution in [0.25, 0.3) is 11.0 Å². The highest BCUT2D eigenvalue weighted by Crippen LogP contribution is 2.37. The Morgan fingerprint density at radius 1 is 1.00 bits per heavy atom. The summed E-state index contributed by atoms with van der Waals surface area (Å²) in [6, 6.07) is 21.2. The Morgan fingerprint density at radius 3 is 2.56 bits per heavy atom. The number of likely N-dealkylation sites (tertiary alicyclic amines) is 1. The monoisotopic (exact) mass is 624 g/mol. The first kappa shape index (κ1) is 30.7. The van der Waals surface area contributed by atoms with Crippen LogP contribution in [0.2, 0.25) is 5.02 Å². The van der Waals surface area contributed by atoms with Gasteiger partial charge >= 0.3 is 0 Å². The molecule has 6 rings (SSSR count). The fraction of sp³-hybridized carbons (Fsp3) is 0.324.